The summed E-state index contributed by atoms with van der Waals surface area (Å²) >= 11 is 0. The molecule has 0 radical (unpaired) electrons. The van der Waals surface area contributed by atoms with Gasteiger partial charge in [0.1, 0.15) is 7.05 Å². The normalized spacial score (nSPS) is 11.2. The van der Waals surface area contributed by atoms with Crippen LogP contribution in [0.15, 0.2) is 79.1 Å². The van der Waals surface area contributed by atoms with E-state index in [1.54, 1.807) is 0 Å². The van der Waals surface area contributed by atoms with E-state index in [9.17, 15) is 13.0 Å². The lowest BCUT2D eigenvalue weighted by molar-refractivity contribution is -0.679. The zero-order valence-corrected chi connectivity index (χ0v) is 18.7. The molecule has 0 fully saturated rings. The van der Waals surface area contributed by atoms with Crippen LogP contribution in [0.2, 0.25) is 0 Å². The lowest BCUT2D eigenvalue weighted by Gasteiger charge is -2.07. The lowest BCUT2D eigenvalue weighted by atomic mass is 10.0. The Morgan fingerprint density at radius 2 is 1.68 bits per heavy atom. The monoisotopic (exact) mass is 438 g/mol. The second-order valence-corrected chi connectivity index (χ2v) is 8.40. The molecule has 0 saturated heterocycles. The summed E-state index contributed by atoms with van der Waals surface area (Å²) in [6, 6.07) is 23.9. The molecule has 0 spiro atoms. The van der Waals surface area contributed by atoms with Gasteiger partial charge in [0, 0.05) is 41.5 Å². The maximum Gasteiger partial charge on any atom is 0.217 e. The van der Waals surface area contributed by atoms with Crippen molar-refractivity contribution in [3.8, 4) is 11.1 Å². The molecule has 0 saturated carbocycles. The smallest absolute Gasteiger partial charge is 0.217 e. The highest BCUT2D eigenvalue weighted by Crippen LogP contribution is 2.29. The van der Waals surface area contributed by atoms with E-state index in [4.69, 9.17) is 0 Å². The number of fused-ring (bicyclic) bond motifs is 1. The van der Waals surface area contributed by atoms with Crippen LogP contribution < -0.4 is 4.57 Å². The Kier molecular flexibility index (Phi) is 7.22. The molecule has 7 heteroatoms. The molecule has 0 amide bonds. The molecule has 0 bridgehead atoms. The van der Waals surface area contributed by atoms with Crippen molar-refractivity contribution in [2.45, 2.75) is 19.8 Å². The van der Waals surface area contributed by atoms with Gasteiger partial charge in [-0.1, -0.05) is 36.4 Å². The molecule has 4 rings (SSSR count). The van der Waals surface area contributed by atoms with Crippen LogP contribution in [0.4, 0.5) is 0 Å². The van der Waals surface area contributed by atoms with Gasteiger partial charge >= 0.3 is 0 Å². The molecule has 0 aliphatic heterocycles. The van der Waals surface area contributed by atoms with Crippen molar-refractivity contribution in [3.63, 3.8) is 0 Å². The van der Waals surface area contributed by atoms with Crippen LogP contribution in [0.5, 0.6) is 0 Å². The molecule has 0 unspecified atom stereocenters. The zero-order valence-electron chi connectivity index (χ0n) is 17.9. The fourth-order valence-corrected chi connectivity index (χ4v) is 3.53. The first-order valence-corrected chi connectivity index (χ1v) is 11.2. The van der Waals surface area contributed by atoms with Crippen LogP contribution in [-0.4, -0.2) is 24.5 Å². The van der Waals surface area contributed by atoms with Gasteiger partial charge < -0.3 is 8.95 Å². The standard InChI is InChI=1S/C23H23N2.CH4O4S/c1-18-13-15-25-21(16-18)17-22(19-8-4-3-5-9-19)23(25)12-11-20-10-6-7-14-24(20)2;1-5-6(2,3)4/h3-10,13-17H,11-12H2,1-2H3;1H3,(H,2,3,4)/q+1;/p-1. The van der Waals surface area contributed by atoms with Crippen LogP contribution in [0.25, 0.3) is 16.6 Å². The van der Waals surface area contributed by atoms with Gasteiger partial charge in [-0.2, -0.15) is 0 Å². The minimum Gasteiger partial charge on any atom is -0.726 e. The molecule has 6 nitrogen and oxygen atoms in total. The van der Waals surface area contributed by atoms with E-state index in [-0.39, 0.29) is 0 Å². The van der Waals surface area contributed by atoms with Gasteiger partial charge in [-0.25, -0.2) is 13.0 Å². The number of aryl methyl sites for hydroxylation is 4. The van der Waals surface area contributed by atoms with Crippen molar-refractivity contribution >= 4 is 15.9 Å². The lowest BCUT2D eigenvalue weighted by Crippen LogP contribution is -2.32. The quantitative estimate of drug-likeness (QED) is 0.271. The average molecular weight is 439 g/mol. The third-order valence-electron chi connectivity index (χ3n) is 5.10. The van der Waals surface area contributed by atoms with Crippen LogP contribution >= 0.6 is 0 Å². The van der Waals surface area contributed by atoms with E-state index in [0.717, 1.165) is 20.0 Å². The van der Waals surface area contributed by atoms with Gasteiger partial charge in [-0.3, -0.25) is 4.18 Å². The molecule has 162 valence electrons. The molecule has 1 aromatic carbocycles. The van der Waals surface area contributed by atoms with Gasteiger partial charge in [0.05, 0.1) is 7.11 Å². The molecule has 0 N–H and O–H groups in total. The summed E-state index contributed by atoms with van der Waals surface area (Å²) in [5.74, 6) is 0. The largest absolute Gasteiger partial charge is 0.726 e. The molecular formula is C24H26N2O4S. The van der Waals surface area contributed by atoms with Crippen LogP contribution in [0, 0.1) is 6.92 Å². The van der Waals surface area contributed by atoms with E-state index in [0.29, 0.717) is 0 Å². The summed E-state index contributed by atoms with van der Waals surface area (Å²) in [7, 11) is -1.49. The Labute approximate surface area is 183 Å². The van der Waals surface area contributed by atoms with Gasteiger partial charge in [0.15, 0.2) is 11.9 Å². The van der Waals surface area contributed by atoms with Crippen molar-refractivity contribution in [1.82, 2.24) is 4.40 Å². The highest BCUT2D eigenvalue weighted by atomic mass is 32.3. The summed E-state index contributed by atoms with van der Waals surface area (Å²) in [5.41, 5.74) is 7.92. The van der Waals surface area contributed by atoms with Crippen LogP contribution in [0.3, 0.4) is 0 Å². The number of nitrogens with zero attached hydrogens (tertiary/aromatic N) is 2. The summed E-state index contributed by atoms with van der Waals surface area (Å²) in [6.07, 6.45) is 6.36. The number of benzene rings is 1. The molecule has 0 atom stereocenters. The predicted molar refractivity (Wildman–Crippen MR) is 119 cm³/mol. The van der Waals surface area contributed by atoms with Crippen molar-refractivity contribution in [3.05, 3.63) is 96.1 Å². The Bertz CT molecular complexity index is 1270. The number of rotatable bonds is 5. The van der Waals surface area contributed by atoms with Gasteiger partial charge in [-0.15, -0.1) is 0 Å². The Hall–Kier alpha value is -3.00. The van der Waals surface area contributed by atoms with Crippen LogP contribution in [-0.2, 0) is 34.5 Å². The Morgan fingerprint density at radius 1 is 1.00 bits per heavy atom. The van der Waals surface area contributed by atoms with Gasteiger partial charge in [-0.05, 0) is 42.7 Å². The predicted octanol–water partition coefficient (Wildman–Crippen LogP) is 3.62. The molecule has 4 aromatic rings. The topological polar surface area (TPSA) is 74.7 Å². The van der Waals surface area contributed by atoms with E-state index in [1.165, 1.54) is 33.6 Å². The SMILES string of the molecule is COS(=O)(=O)[O-].Cc1ccn2c(CCc3cccc[n+]3C)c(-c3ccccc3)cc2c1. The van der Waals surface area contributed by atoms with Crippen molar-refractivity contribution < 1.29 is 21.7 Å². The first-order valence-electron chi connectivity index (χ1n) is 9.89. The fourth-order valence-electron chi connectivity index (χ4n) is 3.53. The van der Waals surface area contributed by atoms with E-state index in [1.807, 2.05) is 0 Å². The minimum absolute atomic E-state index is 0.808. The van der Waals surface area contributed by atoms with E-state index < -0.39 is 10.4 Å². The Morgan fingerprint density at radius 3 is 2.32 bits per heavy atom. The van der Waals surface area contributed by atoms with Crippen molar-refractivity contribution in [1.29, 1.82) is 0 Å². The number of hydrogen-bond acceptors (Lipinski definition) is 4. The third kappa shape index (κ3) is 6.01. The highest BCUT2D eigenvalue weighted by Gasteiger charge is 2.14. The number of hydrogen-bond donors (Lipinski definition) is 0. The fraction of sp³-hybridized carbons (Fsp3) is 0.208. The maximum absolute atomic E-state index is 9.22. The molecular weight excluding hydrogens is 412 g/mol. The van der Waals surface area contributed by atoms with Crippen molar-refractivity contribution in [2.75, 3.05) is 7.11 Å². The Balaban J connectivity index is 0.000000401. The maximum atomic E-state index is 9.22. The second kappa shape index (κ2) is 9.87. The summed E-state index contributed by atoms with van der Waals surface area (Å²) in [5, 5.41) is 0. The highest BCUT2D eigenvalue weighted by molar-refractivity contribution is 7.80. The molecule has 0 aliphatic rings. The summed E-state index contributed by atoms with van der Waals surface area (Å²) < 4.78 is 35.6. The van der Waals surface area contributed by atoms with Gasteiger partial charge in [0.2, 0.25) is 10.4 Å². The molecule has 3 aromatic heterocycles. The van der Waals surface area contributed by atoms with Crippen LogP contribution in [0.1, 0.15) is 17.0 Å². The molecule has 3 heterocycles. The molecule has 31 heavy (non-hydrogen) atoms. The second-order valence-electron chi connectivity index (χ2n) is 7.25. The van der Waals surface area contributed by atoms with Crippen molar-refractivity contribution in [2.24, 2.45) is 7.05 Å². The number of pyridine rings is 2. The minimum atomic E-state index is -4.41. The average Bonchev–Trinajstić information content (AvgIpc) is 3.11. The zero-order chi connectivity index (χ0) is 22.4. The van der Waals surface area contributed by atoms with Gasteiger partial charge in [0.25, 0.3) is 0 Å². The first-order chi connectivity index (χ1) is 14.8. The molecule has 0 aliphatic carbocycles. The third-order valence-corrected chi connectivity index (χ3v) is 5.51. The summed E-state index contributed by atoms with van der Waals surface area (Å²) in [6.45, 7) is 2.15. The summed E-state index contributed by atoms with van der Waals surface area (Å²) in [4.78, 5) is 0. The number of aromatic nitrogens is 2. The van der Waals surface area contributed by atoms with E-state index in [2.05, 4.69) is 106 Å². The first kappa shape index (κ1) is 22.7. The van der Waals surface area contributed by atoms with E-state index >= 15 is 0 Å².